The molecule has 1 heterocycles. The molecule has 1 saturated heterocycles. The molecular weight excluding hydrogens is 465 g/mol. The summed E-state index contributed by atoms with van der Waals surface area (Å²) >= 11 is 0.898. The lowest BCUT2D eigenvalue weighted by Crippen LogP contribution is -2.33. The van der Waals surface area contributed by atoms with Crippen LogP contribution in [0.3, 0.4) is 0 Å². The Morgan fingerprint density at radius 1 is 0.970 bits per heavy atom. The van der Waals surface area contributed by atoms with Gasteiger partial charge in [0.05, 0.1) is 10.6 Å². The molecule has 0 aliphatic carbocycles. The smallest absolute Gasteiger partial charge is 0.284 e. The number of sulfonamides is 1. The first kappa shape index (κ1) is 22.7. The Morgan fingerprint density at radius 3 is 2.21 bits per heavy atom. The van der Waals surface area contributed by atoms with Gasteiger partial charge in [-0.1, -0.05) is 48.2 Å². The Bertz CT molecular complexity index is 1300. The molecule has 0 saturated carbocycles. The van der Waals surface area contributed by atoms with E-state index < -0.39 is 27.0 Å². The number of para-hydroxylation sites is 2. The first-order valence-corrected chi connectivity index (χ1v) is 12.2. The van der Waals surface area contributed by atoms with Crippen molar-refractivity contribution in [1.82, 2.24) is 0 Å². The third kappa shape index (κ3) is 5.29. The predicted octanol–water partition coefficient (Wildman–Crippen LogP) is 4.05. The Hall–Kier alpha value is -3.50. The second-order valence-corrected chi connectivity index (χ2v) is 9.81. The summed E-state index contributed by atoms with van der Waals surface area (Å²) < 4.78 is 42.7. The summed E-state index contributed by atoms with van der Waals surface area (Å²) in [4.78, 5) is 26.7. The number of halogens is 1. The number of benzene rings is 3. The minimum Gasteiger partial charge on any atom is -0.326 e. The summed E-state index contributed by atoms with van der Waals surface area (Å²) in [6, 6.07) is 21.5. The molecule has 1 aliphatic heterocycles. The topological polar surface area (TPSA) is 95.9 Å². The Kier molecular flexibility index (Phi) is 6.57. The molecular formula is C23H18FN3O4S2. The lowest BCUT2D eigenvalue weighted by Gasteiger charge is -2.16. The number of amides is 2. The average molecular weight is 484 g/mol. The van der Waals surface area contributed by atoms with E-state index in [-0.39, 0.29) is 22.4 Å². The molecule has 2 amide bonds. The third-order valence-corrected chi connectivity index (χ3v) is 7.22. The second-order valence-electron chi connectivity index (χ2n) is 7.04. The molecule has 10 heteroatoms. The first-order chi connectivity index (χ1) is 15.8. The summed E-state index contributed by atoms with van der Waals surface area (Å²) in [6.45, 7) is 0. The van der Waals surface area contributed by atoms with Crippen molar-refractivity contribution in [3.05, 3.63) is 90.7 Å². The lowest BCUT2D eigenvalue weighted by atomic mass is 10.2. The number of thioether (sulfide) groups is 1. The molecule has 1 N–H and O–H groups in total. The van der Waals surface area contributed by atoms with Crippen molar-refractivity contribution >= 4 is 50.1 Å². The van der Waals surface area contributed by atoms with Gasteiger partial charge in [-0.25, -0.2) is 4.39 Å². The van der Waals surface area contributed by atoms with Crippen LogP contribution in [0, 0.1) is 5.82 Å². The van der Waals surface area contributed by atoms with E-state index in [1.807, 2.05) is 6.07 Å². The van der Waals surface area contributed by atoms with Crippen LogP contribution < -0.4 is 10.2 Å². The second kappa shape index (κ2) is 9.55. The standard InChI is InChI=1S/C23H18FN3O4S2/c24-16-11-13-19(14-12-16)33(30,31)26-23-27(18-9-5-2-6-10-18)22(29)20(32-23)15-21(28)25-17-7-3-1-4-8-17/h1-14,20H,15H2,(H,25,28)/b26-23+. The summed E-state index contributed by atoms with van der Waals surface area (Å²) in [5.74, 6) is -1.42. The molecule has 33 heavy (non-hydrogen) atoms. The monoisotopic (exact) mass is 483 g/mol. The predicted molar refractivity (Wildman–Crippen MR) is 126 cm³/mol. The van der Waals surface area contributed by atoms with Crippen molar-refractivity contribution in [2.75, 3.05) is 10.2 Å². The van der Waals surface area contributed by atoms with Gasteiger partial charge in [0.15, 0.2) is 5.17 Å². The molecule has 1 unspecified atom stereocenters. The Morgan fingerprint density at radius 2 is 1.58 bits per heavy atom. The van der Waals surface area contributed by atoms with Gasteiger partial charge in [-0.2, -0.15) is 8.42 Å². The van der Waals surface area contributed by atoms with Gasteiger partial charge in [0.25, 0.3) is 10.0 Å². The molecule has 3 aromatic rings. The van der Waals surface area contributed by atoms with Crippen LogP contribution in [0.5, 0.6) is 0 Å². The fourth-order valence-electron chi connectivity index (χ4n) is 3.14. The summed E-state index contributed by atoms with van der Waals surface area (Å²) in [5, 5.41) is 1.78. The van der Waals surface area contributed by atoms with Crippen LogP contribution in [0.1, 0.15) is 6.42 Å². The summed E-state index contributed by atoms with van der Waals surface area (Å²) in [5.41, 5.74) is 1.01. The van der Waals surface area contributed by atoms with Crippen molar-refractivity contribution in [2.24, 2.45) is 4.40 Å². The number of carbonyl (C=O) groups excluding carboxylic acids is 2. The zero-order valence-corrected chi connectivity index (χ0v) is 18.7. The maximum atomic E-state index is 13.2. The highest BCUT2D eigenvalue weighted by molar-refractivity contribution is 8.16. The maximum Gasteiger partial charge on any atom is 0.284 e. The molecule has 1 aliphatic rings. The highest BCUT2D eigenvalue weighted by Crippen LogP contribution is 2.35. The van der Waals surface area contributed by atoms with Gasteiger partial charge < -0.3 is 5.32 Å². The zero-order chi connectivity index (χ0) is 23.4. The van der Waals surface area contributed by atoms with Crippen molar-refractivity contribution in [2.45, 2.75) is 16.6 Å². The minimum absolute atomic E-state index is 0.0759. The summed E-state index contributed by atoms with van der Waals surface area (Å²) in [6.07, 6.45) is -0.169. The molecule has 0 radical (unpaired) electrons. The fraction of sp³-hybridized carbons (Fsp3) is 0.0870. The number of hydrogen-bond acceptors (Lipinski definition) is 5. The van der Waals surface area contributed by atoms with Crippen LogP contribution in [-0.4, -0.2) is 30.6 Å². The number of rotatable bonds is 6. The third-order valence-electron chi connectivity index (χ3n) is 4.69. The number of nitrogens with one attached hydrogen (secondary N) is 1. The van der Waals surface area contributed by atoms with Gasteiger partial charge in [-0.05, 0) is 48.5 Å². The highest BCUT2D eigenvalue weighted by Gasteiger charge is 2.41. The quantitative estimate of drug-likeness (QED) is 0.571. The van der Waals surface area contributed by atoms with Crippen molar-refractivity contribution < 1.29 is 22.4 Å². The number of hydrogen-bond donors (Lipinski definition) is 1. The molecule has 1 fully saturated rings. The van der Waals surface area contributed by atoms with Crippen LogP contribution in [0.15, 0.2) is 94.2 Å². The van der Waals surface area contributed by atoms with E-state index in [4.69, 9.17) is 0 Å². The SMILES string of the molecule is O=C(CC1S/C(=N/S(=O)(=O)c2ccc(F)cc2)N(c2ccccc2)C1=O)Nc1ccccc1. The van der Waals surface area contributed by atoms with E-state index in [9.17, 15) is 22.4 Å². The number of nitrogens with zero attached hydrogens (tertiary/aromatic N) is 2. The fourth-order valence-corrected chi connectivity index (χ4v) is 5.47. The molecule has 0 spiro atoms. The molecule has 7 nitrogen and oxygen atoms in total. The first-order valence-electron chi connectivity index (χ1n) is 9.84. The number of carbonyl (C=O) groups is 2. The van der Waals surface area contributed by atoms with E-state index in [1.165, 1.54) is 4.90 Å². The van der Waals surface area contributed by atoms with Gasteiger partial charge in [-0.15, -0.1) is 4.40 Å². The largest absolute Gasteiger partial charge is 0.326 e. The van der Waals surface area contributed by atoms with Gasteiger partial charge >= 0.3 is 0 Å². The maximum absolute atomic E-state index is 13.2. The molecule has 0 aromatic heterocycles. The van der Waals surface area contributed by atoms with E-state index in [0.717, 1.165) is 36.0 Å². The van der Waals surface area contributed by atoms with E-state index in [0.29, 0.717) is 11.4 Å². The van der Waals surface area contributed by atoms with E-state index in [2.05, 4.69) is 9.71 Å². The zero-order valence-electron chi connectivity index (χ0n) is 17.1. The normalized spacial score (nSPS) is 17.4. The van der Waals surface area contributed by atoms with Gasteiger partial charge in [0, 0.05) is 12.1 Å². The molecule has 1 atom stereocenters. The van der Waals surface area contributed by atoms with Gasteiger partial charge in [0.2, 0.25) is 11.8 Å². The van der Waals surface area contributed by atoms with Crippen LogP contribution in [0.4, 0.5) is 15.8 Å². The van der Waals surface area contributed by atoms with Crippen LogP contribution >= 0.6 is 11.8 Å². The Labute approximate surface area is 194 Å². The number of amidine groups is 1. The Balaban J connectivity index is 1.63. The average Bonchev–Trinajstić information content (AvgIpc) is 3.09. The molecule has 0 bridgehead atoms. The number of anilines is 2. The van der Waals surface area contributed by atoms with Crippen LogP contribution in [0.2, 0.25) is 0 Å². The molecule has 4 rings (SSSR count). The van der Waals surface area contributed by atoms with Crippen molar-refractivity contribution in [3.63, 3.8) is 0 Å². The van der Waals surface area contributed by atoms with E-state index in [1.54, 1.807) is 54.6 Å². The van der Waals surface area contributed by atoms with E-state index >= 15 is 0 Å². The molecule has 168 valence electrons. The highest BCUT2D eigenvalue weighted by atomic mass is 32.2. The van der Waals surface area contributed by atoms with Gasteiger partial charge in [0.1, 0.15) is 11.1 Å². The van der Waals surface area contributed by atoms with Gasteiger partial charge in [-0.3, -0.25) is 14.5 Å². The van der Waals surface area contributed by atoms with Crippen molar-refractivity contribution in [1.29, 1.82) is 0 Å². The minimum atomic E-state index is -4.22. The lowest BCUT2D eigenvalue weighted by molar-refractivity contribution is -0.121. The van der Waals surface area contributed by atoms with Crippen LogP contribution in [0.25, 0.3) is 0 Å². The molecule has 3 aromatic carbocycles. The van der Waals surface area contributed by atoms with Crippen molar-refractivity contribution in [3.8, 4) is 0 Å². The van der Waals surface area contributed by atoms with Crippen LogP contribution in [-0.2, 0) is 19.6 Å². The summed E-state index contributed by atoms with van der Waals surface area (Å²) in [7, 11) is -4.22.